The maximum atomic E-state index is 5.76. The van der Waals surface area contributed by atoms with Crippen LogP contribution in [0, 0.1) is 0 Å². The van der Waals surface area contributed by atoms with Gasteiger partial charge >= 0.3 is 0 Å². The third kappa shape index (κ3) is 3.71. The number of nitrogens with two attached hydrogens (primary N) is 1. The summed E-state index contributed by atoms with van der Waals surface area (Å²) in [5.41, 5.74) is 7.35. The average molecular weight is 352 g/mol. The Balaban J connectivity index is 2.19. The van der Waals surface area contributed by atoms with Crippen LogP contribution < -0.4 is 15.2 Å². The fraction of sp³-hybridized carbons (Fsp3) is 0.133. The van der Waals surface area contributed by atoms with E-state index in [2.05, 4.69) is 15.9 Å². The normalized spacial score (nSPS) is 10.1. The molecule has 2 rings (SSSR count). The summed E-state index contributed by atoms with van der Waals surface area (Å²) in [5, 5.41) is 0. The molecule has 0 radical (unpaired) electrons. The molecule has 0 unspecified atom stereocenters. The quantitative estimate of drug-likeness (QED) is 0.834. The molecule has 0 saturated carbocycles. The lowest BCUT2D eigenvalue weighted by Gasteiger charge is -2.12. The molecule has 0 aliphatic carbocycles. The smallest absolute Gasteiger partial charge is 0.125 e. The van der Waals surface area contributed by atoms with Gasteiger partial charge in [-0.2, -0.15) is 0 Å². The first-order valence-corrected chi connectivity index (χ1v) is 7.15. The first-order valence-electron chi connectivity index (χ1n) is 5.95. The lowest BCUT2D eigenvalue weighted by Crippen LogP contribution is -2.10. The zero-order valence-electron chi connectivity index (χ0n) is 10.9. The second kappa shape index (κ2) is 6.72. The van der Waals surface area contributed by atoms with Crippen LogP contribution in [-0.2, 0) is 6.61 Å². The van der Waals surface area contributed by atoms with Crippen LogP contribution in [0.15, 0.2) is 46.9 Å². The van der Waals surface area contributed by atoms with E-state index in [1.807, 2.05) is 42.5 Å². The highest BCUT2D eigenvalue weighted by Gasteiger charge is 2.07. The molecule has 2 N–H and O–H groups in total. The Kier molecular flexibility index (Phi) is 4.98. The number of benzene rings is 2. The monoisotopic (exact) mass is 351 g/mol. The first kappa shape index (κ1) is 14.8. The van der Waals surface area contributed by atoms with Crippen LogP contribution >= 0.6 is 28.1 Å². The van der Waals surface area contributed by atoms with Crippen molar-refractivity contribution in [1.29, 1.82) is 0 Å². The van der Waals surface area contributed by atoms with Crippen LogP contribution in [0.4, 0.5) is 0 Å². The average Bonchev–Trinajstić information content (AvgIpc) is 2.44. The molecule has 0 aromatic heterocycles. The molecule has 0 aliphatic heterocycles. The molecule has 3 nitrogen and oxygen atoms in total. The predicted molar refractivity (Wildman–Crippen MR) is 87.4 cm³/mol. The van der Waals surface area contributed by atoms with Crippen LogP contribution in [0.25, 0.3) is 0 Å². The van der Waals surface area contributed by atoms with Gasteiger partial charge in [-0.3, -0.25) is 0 Å². The standard InChI is InChI=1S/C15H14BrNO2S/c1-18-14-6-5-10(15(17)20)7-11(14)9-19-13-4-2-3-12(16)8-13/h2-8H,9H2,1H3,(H2,17,20). The van der Waals surface area contributed by atoms with Crippen molar-refractivity contribution in [2.75, 3.05) is 7.11 Å². The van der Waals surface area contributed by atoms with E-state index in [1.165, 1.54) is 0 Å². The van der Waals surface area contributed by atoms with E-state index in [0.29, 0.717) is 11.6 Å². The third-order valence-electron chi connectivity index (χ3n) is 2.76. The summed E-state index contributed by atoms with van der Waals surface area (Å²) in [5.74, 6) is 1.53. The molecule has 0 atom stereocenters. The van der Waals surface area contributed by atoms with E-state index in [4.69, 9.17) is 27.4 Å². The molecular formula is C15H14BrNO2S. The zero-order valence-corrected chi connectivity index (χ0v) is 13.3. The Morgan fingerprint density at radius 2 is 2.05 bits per heavy atom. The van der Waals surface area contributed by atoms with Crippen LogP contribution in [0.5, 0.6) is 11.5 Å². The minimum absolute atomic E-state index is 0.358. The van der Waals surface area contributed by atoms with Crippen molar-refractivity contribution in [3.63, 3.8) is 0 Å². The fourth-order valence-corrected chi connectivity index (χ4v) is 2.27. The minimum atomic E-state index is 0.358. The SMILES string of the molecule is COc1ccc(C(N)=S)cc1COc1cccc(Br)c1. The highest BCUT2D eigenvalue weighted by molar-refractivity contribution is 9.10. The van der Waals surface area contributed by atoms with Gasteiger partial charge in [0.2, 0.25) is 0 Å². The fourth-order valence-electron chi connectivity index (χ4n) is 1.76. The van der Waals surface area contributed by atoms with Gasteiger partial charge in [0.05, 0.1) is 7.11 Å². The molecule has 0 spiro atoms. The Hall–Kier alpha value is -1.59. The van der Waals surface area contributed by atoms with Crippen molar-refractivity contribution < 1.29 is 9.47 Å². The summed E-state index contributed by atoms with van der Waals surface area (Å²) in [7, 11) is 1.62. The molecule has 20 heavy (non-hydrogen) atoms. The topological polar surface area (TPSA) is 44.5 Å². The van der Waals surface area contributed by atoms with Gasteiger partial charge in [0, 0.05) is 15.6 Å². The third-order valence-corrected chi connectivity index (χ3v) is 3.48. The molecule has 0 fully saturated rings. The summed E-state index contributed by atoms with van der Waals surface area (Å²) >= 11 is 8.39. The summed E-state index contributed by atoms with van der Waals surface area (Å²) in [6, 6.07) is 13.2. The summed E-state index contributed by atoms with van der Waals surface area (Å²) in [4.78, 5) is 0.358. The largest absolute Gasteiger partial charge is 0.496 e. The van der Waals surface area contributed by atoms with E-state index in [9.17, 15) is 0 Å². The van der Waals surface area contributed by atoms with E-state index >= 15 is 0 Å². The molecule has 0 heterocycles. The molecule has 0 amide bonds. The second-order valence-corrected chi connectivity index (χ2v) is 5.49. The second-order valence-electron chi connectivity index (χ2n) is 4.14. The lowest BCUT2D eigenvalue weighted by atomic mass is 10.1. The maximum absolute atomic E-state index is 5.76. The van der Waals surface area contributed by atoms with Crippen LogP contribution in [0.2, 0.25) is 0 Å². The van der Waals surface area contributed by atoms with Crippen molar-refractivity contribution in [2.24, 2.45) is 5.73 Å². The Morgan fingerprint density at radius 1 is 1.25 bits per heavy atom. The van der Waals surface area contributed by atoms with E-state index in [-0.39, 0.29) is 0 Å². The molecular weight excluding hydrogens is 338 g/mol. The molecule has 2 aromatic rings. The molecule has 0 bridgehead atoms. The Bertz CT molecular complexity index is 631. The molecule has 0 aliphatic rings. The highest BCUT2D eigenvalue weighted by atomic mass is 79.9. The van der Waals surface area contributed by atoms with Crippen molar-refractivity contribution in [2.45, 2.75) is 6.61 Å². The minimum Gasteiger partial charge on any atom is -0.496 e. The summed E-state index contributed by atoms with van der Waals surface area (Å²) < 4.78 is 12.0. The van der Waals surface area contributed by atoms with Gasteiger partial charge in [-0.25, -0.2) is 0 Å². The van der Waals surface area contributed by atoms with Crippen LogP contribution in [0.1, 0.15) is 11.1 Å². The molecule has 104 valence electrons. The molecule has 5 heteroatoms. The molecule has 2 aromatic carbocycles. The number of rotatable bonds is 5. The predicted octanol–water partition coefficient (Wildman–Crippen LogP) is 3.67. The van der Waals surface area contributed by atoms with Gasteiger partial charge in [-0.15, -0.1) is 0 Å². The zero-order chi connectivity index (χ0) is 14.5. The number of halogens is 1. The maximum Gasteiger partial charge on any atom is 0.125 e. The van der Waals surface area contributed by atoms with Crippen molar-refractivity contribution >= 4 is 33.1 Å². The highest BCUT2D eigenvalue weighted by Crippen LogP contribution is 2.23. The summed E-state index contributed by atoms with van der Waals surface area (Å²) in [6.45, 7) is 0.385. The number of hydrogen-bond acceptors (Lipinski definition) is 3. The first-order chi connectivity index (χ1) is 9.60. The number of ether oxygens (including phenoxy) is 2. The number of hydrogen-bond donors (Lipinski definition) is 1. The van der Waals surface area contributed by atoms with Gasteiger partial charge in [-0.05, 0) is 36.4 Å². The van der Waals surface area contributed by atoms with Gasteiger partial charge in [-0.1, -0.05) is 34.2 Å². The van der Waals surface area contributed by atoms with Crippen LogP contribution in [-0.4, -0.2) is 12.1 Å². The number of thiocarbonyl (C=S) groups is 1. The van der Waals surface area contributed by atoms with Crippen LogP contribution in [0.3, 0.4) is 0 Å². The molecule has 0 saturated heterocycles. The lowest BCUT2D eigenvalue weighted by molar-refractivity contribution is 0.296. The van der Waals surface area contributed by atoms with Crippen molar-refractivity contribution in [1.82, 2.24) is 0 Å². The summed E-state index contributed by atoms with van der Waals surface area (Å²) in [6.07, 6.45) is 0. The Labute approximate surface area is 131 Å². The van der Waals surface area contributed by atoms with E-state index in [0.717, 1.165) is 27.1 Å². The van der Waals surface area contributed by atoms with Gasteiger partial charge < -0.3 is 15.2 Å². The van der Waals surface area contributed by atoms with Crippen molar-refractivity contribution in [3.05, 3.63) is 58.1 Å². The van der Waals surface area contributed by atoms with Gasteiger partial charge in [0.1, 0.15) is 23.1 Å². The van der Waals surface area contributed by atoms with Gasteiger partial charge in [0.15, 0.2) is 0 Å². The van der Waals surface area contributed by atoms with E-state index < -0.39 is 0 Å². The van der Waals surface area contributed by atoms with Crippen molar-refractivity contribution in [3.8, 4) is 11.5 Å². The van der Waals surface area contributed by atoms with E-state index in [1.54, 1.807) is 7.11 Å². The Morgan fingerprint density at radius 3 is 2.70 bits per heavy atom. The number of methoxy groups -OCH3 is 1. The van der Waals surface area contributed by atoms with Gasteiger partial charge in [0.25, 0.3) is 0 Å².